The Morgan fingerprint density at radius 2 is 1.73 bits per heavy atom. The first-order chi connectivity index (χ1) is 12.3. The Labute approximate surface area is 158 Å². The van der Waals surface area contributed by atoms with Crippen LogP contribution in [-0.4, -0.2) is 39.3 Å². The molecule has 0 heterocycles. The molecule has 1 fully saturated rings. The molecule has 0 aliphatic heterocycles. The number of unbranched alkanes of at least 4 members (excludes halogenated alkanes) is 3. The van der Waals surface area contributed by atoms with Gasteiger partial charge in [-0.3, -0.25) is 9.59 Å². The number of aliphatic hydroxyl groups excluding tert-OH is 2. The van der Waals surface area contributed by atoms with E-state index >= 15 is 0 Å². The molecular weight excluding hydrogens is 332 g/mol. The maximum absolute atomic E-state index is 12.2. The summed E-state index contributed by atoms with van der Waals surface area (Å²) in [6.45, 7) is 4.30. The number of aliphatic carboxylic acids is 1. The third-order valence-corrected chi connectivity index (χ3v) is 5.64. The van der Waals surface area contributed by atoms with E-state index in [1.54, 1.807) is 0 Å². The van der Waals surface area contributed by atoms with Crippen molar-refractivity contribution in [3.05, 3.63) is 0 Å². The number of carboxylic acid groups (broad SMARTS) is 1. The fourth-order valence-electron chi connectivity index (χ4n) is 4.04. The molecule has 5 nitrogen and oxygen atoms in total. The van der Waals surface area contributed by atoms with E-state index in [0.29, 0.717) is 12.3 Å². The van der Waals surface area contributed by atoms with Crippen molar-refractivity contribution < 1.29 is 24.9 Å². The lowest BCUT2D eigenvalue weighted by Crippen LogP contribution is -2.21. The SMILES string of the molecule is CC(C)CCC(O)CCC[C@H]1[C@H](O)CC(=O)[C@@H]1CCCCCCC(=O)O. The third-order valence-electron chi connectivity index (χ3n) is 5.64. The first-order valence-corrected chi connectivity index (χ1v) is 10.4. The van der Waals surface area contributed by atoms with Crippen molar-refractivity contribution in [2.24, 2.45) is 17.8 Å². The van der Waals surface area contributed by atoms with Crippen LogP contribution in [0, 0.1) is 17.8 Å². The first kappa shape index (κ1) is 23.1. The van der Waals surface area contributed by atoms with Crippen molar-refractivity contribution in [2.75, 3.05) is 0 Å². The van der Waals surface area contributed by atoms with Gasteiger partial charge in [-0.1, -0.05) is 39.5 Å². The predicted molar refractivity (Wildman–Crippen MR) is 102 cm³/mol. The van der Waals surface area contributed by atoms with Crippen LogP contribution in [0.2, 0.25) is 0 Å². The lowest BCUT2D eigenvalue weighted by atomic mass is 9.85. The van der Waals surface area contributed by atoms with Crippen molar-refractivity contribution in [3.8, 4) is 0 Å². The molecule has 5 heteroatoms. The van der Waals surface area contributed by atoms with Crippen molar-refractivity contribution >= 4 is 11.8 Å². The summed E-state index contributed by atoms with van der Waals surface area (Å²) in [6, 6.07) is 0. The van der Waals surface area contributed by atoms with Crippen LogP contribution in [0.15, 0.2) is 0 Å². The Hall–Kier alpha value is -0.940. The zero-order valence-electron chi connectivity index (χ0n) is 16.5. The van der Waals surface area contributed by atoms with Crippen LogP contribution >= 0.6 is 0 Å². The van der Waals surface area contributed by atoms with E-state index in [0.717, 1.165) is 57.8 Å². The Bertz CT molecular complexity index is 421. The van der Waals surface area contributed by atoms with Gasteiger partial charge >= 0.3 is 5.97 Å². The quantitative estimate of drug-likeness (QED) is 0.403. The standard InChI is InChI=1S/C21H38O5/c1-15(2)12-13-16(22)8-7-10-18-17(19(23)14-20(18)24)9-5-3-4-6-11-21(25)26/h15-18,20,22,24H,3-14H2,1-2H3,(H,25,26)/t16?,17-,18-,20-/m1/s1. The van der Waals surface area contributed by atoms with E-state index in [1.165, 1.54) is 0 Å². The van der Waals surface area contributed by atoms with Crippen molar-refractivity contribution in [1.82, 2.24) is 0 Å². The van der Waals surface area contributed by atoms with Crippen LogP contribution in [0.3, 0.4) is 0 Å². The summed E-state index contributed by atoms with van der Waals surface area (Å²) in [5.41, 5.74) is 0. The van der Waals surface area contributed by atoms with Crippen molar-refractivity contribution in [2.45, 2.75) is 103 Å². The molecule has 1 rings (SSSR count). The fraction of sp³-hybridized carbons (Fsp3) is 0.905. The number of Topliss-reactive ketones (excluding diaryl/α,β-unsaturated/α-hetero) is 1. The van der Waals surface area contributed by atoms with E-state index in [4.69, 9.17) is 5.11 Å². The zero-order valence-corrected chi connectivity index (χ0v) is 16.5. The Balaban J connectivity index is 2.28. The molecule has 1 unspecified atom stereocenters. The highest BCUT2D eigenvalue weighted by molar-refractivity contribution is 5.84. The van der Waals surface area contributed by atoms with Crippen LogP contribution in [0.1, 0.15) is 90.9 Å². The molecular formula is C21H38O5. The summed E-state index contributed by atoms with van der Waals surface area (Å²) >= 11 is 0. The van der Waals surface area contributed by atoms with Gasteiger partial charge in [0.15, 0.2) is 0 Å². The van der Waals surface area contributed by atoms with Crippen LogP contribution in [-0.2, 0) is 9.59 Å². The fourth-order valence-corrected chi connectivity index (χ4v) is 4.04. The topological polar surface area (TPSA) is 94.8 Å². The summed E-state index contributed by atoms with van der Waals surface area (Å²) in [5, 5.41) is 28.9. The van der Waals surface area contributed by atoms with E-state index in [9.17, 15) is 19.8 Å². The highest BCUT2D eigenvalue weighted by Gasteiger charge is 2.40. The molecule has 0 aromatic rings. The maximum Gasteiger partial charge on any atom is 0.303 e. The Morgan fingerprint density at radius 3 is 2.38 bits per heavy atom. The van der Waals surface area contributed by atoms with E-state index in [-0.39, 0.29) is 36.6 Å². The summed E-state index contributed by atoms with van der Waals surface area (Å²) in [4.78, 5) is 22.7. The number of hydrogen-bond donors (Lipinski definition) is 3. The molecule has 1 aliphatic carbocycles. The average Bonchev–Trinajstić information content (AvgIpc) is 2.82. The largest absolute Gasteiger partial charge is 0.481 e. The number of rotatable bonds is 14. The molecule has 0 aromatic carbocycles. The van der Waals surface area contributed by atoms with Gasteiger partial charge in [0.05, 0.1) is 12.2 Å². The zero-order chi connectivity index (χ0) is 19.5. The maximum atomic E-state index is 12.2. The molecule has 1 aliphatic rings. The molecule has 152 valence electrons. The van der Waals surface area contributed by atoms with Gasteiger partial charge in [0.1, 0.15) is 5.78 Å². The Morgan fingerprint density at radius 1 is 1.04 bits per heavy atom. The van der Waals surface area contributed by atoms with Crippen molar-refractivity contribution in [3.63, 3.8) is 0 Å². The van der Waals surface area contributed by atoms with Gasteiger partial charge < -0.3 is 15.3 Å². The molecule has 3 N–H and O–H groups in total. The lowest BCUT2D eigenvalue weighted by molar-refractivity contribution is -0.137. The first-order valence-electron chi connectivity index (χ1n) is 10.4. The van der Waals surface area contributed by atoms with Crippen LogP contribution in [0.25, 0.3) is 0 Å². The molecule has 0 aromatic heterocycles. The Kier molecular flexibility index (Phi) is 11.1. The van der Waals surface area contributed by atoms with Crippen LogP contribution in [0.5, 0.6) is 0 Å². The smallest absolute Gasteiger partial charge is 0.303 e. The monoisotopic (exact) mass is 370 g/mol. The summed E-state index contributed by atoms with van der Waals surface area (Å²) in [5.74, 6) is -0.0157. The van der Waals surface area contributed by atoms with Crippen LogP contribution in [0.4, 0.5) is 0 Å². The summed E-state index contributed by atoms with van der Waals surface area (Å²) in [6.07, 6.45) is 8.12. The number of aliphatic hydroxyl groups is 2. The minimum atomic E-state index is -0.755. The molecule has 1 saturated carbocycles. The summed E-state index contributed by atoms with van der Waals surface area (Å²) in [7, 11) is 0. The second-order valence-electron chi connectivity index (χ2n) is 8.41. The van der Waals surface area contributed by atoms with Gasteiger partial charge in [0, 0.05) is 18.8 Å². The second-order valence-corrected chi connectivity index (χ2v) is 8.41. The lowest BCUT2D eigenvalue weighted by Gasteiger charge is -2.21. The third kappa shape index (κ3) is 9.13. The molecule has 0 bridgehead atoms. The number of carboxylic acids is 1. The van der Waals surface area contributed by atoms with E-state index in [1.807, 2.05) is 0 Å². The number of carbonyl (C=O) groups is 2. The predicted octanol–water partition coefficient (Wildman–Crippen LogP) is 3.95. The van der Waals surface area contributed by atoms with Gasteiger partial charge in [0.2, 0.25) is 0 Å². The van der Waals surface area contributed by atoms with Gasteiger partial charge in [0.25, 0.3) is 0 Å². The minimum Gasteiger partial charge on any atom is -0.481 e. The average molecular weight is 371 g/mol. The van der Waals surface area contributed by atoms with Gasteiger partial charge in [-0.25, -0.2) is 0 Å². The van der Waals surface area contributed by atoms with Gasteiger partial charge in [-0.05, 0) is 50.4 Å². The number of hydrogen-bond acceptors (Lipinski definition) is 4. The highest BCUT2D eigenvalue weighted by Crippen LogP contribution is 2.36. The van der Waals surface area contributed by atoms with Gasteiger partial charge in [-0.2, -0.15) is 0 Å². The van der Waals surface area contributed by atoms with Crippen LogP contribution < -0.4 is 0 Å². The number of ketones is 1. The van der Waals surface area contributed by atoms with E-state index < -0.39 is 12.1 Å². The molecule has 0 radical (unpaired) electrons. The normalized spacial score (nSPS) is 24.3. The van der Waals surface area contributed by atoms with Gasteiger partial charge in [-0.15, -0.1) is 0 Å². The summed E-state index contributed by atoms with van der Waals surface area (Å²) < 4.78 is 0. The molecule has 0 amide bonds. The molecule has 26 heavy (non-hydrogen) atoms. The molecule has 4 atom stereocenters. The highest BCUT2D eigenvalue weighted by atomic mass is 16.4. The second kappa shape index (κ2) is 12.4. The minimum absolute atomic E-state index is 0.0267. The van der Waals surface area contributed by atoms with Crippen molar-refractivity contribution in [1.29, 1.82) is 0 Å². The number of carbonyl (C=O) groups excluding carboxylic acids is 1. The van der Waals surface area contributed by atoms with E-state index in [2.05, 4.69) is 13.8 Å². The molecule has 0 spiro atoms. The molecule has 0 saturated heterocycles.